The predicted octanol–water partition coefficient (Wildman–Crippen LogP) is 3.02. The first-order chi connectivity index (χ1) is 8.70. The summed E-state index contributed by atoms with van der Waals surface area (Å²) in [7, 11) is 0. The first kappa shape index (κ1) is 15.1. The number of benzene rings is 1. The van der Waals surface area contributed by atoms with Crippen molar-refractivity contribution in [1.29, 1.82) is 0 Å². The van der Waals surface area contributed by atoms with Gasteiger partial charge in [0.05, 0.1) is 0 Å². The van der Waals surface area contributed by atoms with Crippen molar-refractivity contribution in [2.45, 2.75) is 19.5 Å². The summed E-state index contributed by atoms with van der Waals surface area (Å²) < 4.78 is 37.7. The van der Waals surface area contributed by atoms with Crippen LogP contribution in [0.25, 0.3) is 0 Å². The molecule has 1 aromatic carbocycles. The average molecular weight is 275 g/mol. The van der Waals surface area contributed by atoms with E-state index in [4.69, 9.17) is 0 Å². The Hall–Kier alpha value is -1.92. The number of halogens is 3. The van der Waals surface area contributed by atoms with E-state index in [0.717, 1.165) is 5.56 Å². The Kier molecular flexibility index (Phi) is 4.63. The Balaban J connectivity index is 2.81. The molecule has 0 N–H and O–H groups in total. The maximum Gasteiger partial charge on any atom is 0.398 e. The zero-order chi connectivity index (χ0) is 14.6. The Labute approximate surface area is 107 Å². The van der Waals surface area contributed by atoms with Crippen molar-refractivity contribution in [2.24, 2.45) is 5.92 Å². The number of carbonyl (C=O) groups excluding carboxylic acids is 1. The number of Topliss-reactive ketones (excluding diaryl/α,β-unsaturated/α-hetero) is 1. The second kappa shape index (κ2) is 5.81. The summed E-state index contributed by atoms with van der Waals surface area (Å²) in [5, 5.41) is 10.2. The lowest BCUT2D eigenvalue weighted by molar-refractivity contribution is -0.497. The molecule has 0 aliphatic carbocycles. The van der Waals surface area contributed by atoms with Crippen LogP contribution in [0.3, 0.4) is 0 Å². The molecule has 1 rings (SSSR count). The Morgan fingerprint density at radius 1 is 1.32 bits per heavy atom. The van der Waals surface area contributed by atoms with Crippen LogP contribution in [0.5, 0.6) is 0 Å². The summed E-state index contributed by atoms with van der Waals surface area (Å²) in [6.07, 6.45) is -5.67. The minimum absolute atomic E-state index is 0.128. The molecular weight excluding hydrogens is 263 g/mol. The lowest BCUT2D eigenvalue weighted by atomic mass is 9.97. The highest BCUT2D eigenvalue weighted by molar-refractivity contribution is 5.96. The number of rotatable bonds is 5. The van der Waals surface area contributed by atoms with Crippen LogP contribution in [-0.4, -0.2) is 23.4 Å². The van der Waals surface area contributed by atoms with Crippen LogP contribution in [0.15, 0.2) is 24.3 Å². The van der Waals surface area contributed by atoms with Crippen molar-refractivity contribution < 1.29 is 22.9 Å². The van der Waals surface area contributed by atoms with Crippen molar-refractivity contribution in [3.05, 3.63) is 45.5 Å². The fraction of sp³-hybridized carbons (Fsp3) is 0.417. The van der Waals surface area contributed by atoms with E-state index < -0.39 is 35.8 Å². The molecule has 0 radical (unpaired) electrons. The van der Waals surface area contributed by atoms with Gasteiger partial charge in [0, 0.05) is 16.9 Å². The number of alkyl halides is 3. The topological polar surface area (TPSA) is 60.2 Å². The standard InChI is InChI=1S/C12H12F3NO3/c1-8-2-4-9(5-3-8)11(17)6-10(7-16(18)19)12(13,14)15/h2-5,10H,6-7H2,1H3. The van der Waals surface area contributed by atoms with Gasteiger partial charge < -0.3 is 0 Å². The van der Waals surface area contributed by atoms with Gasteiger partial charge in [0.15, 0.2) is 5.78 Å². The van der Waals surface area contributed by atoms with E-state index in [2.05, 4.69) is 0 Å². The molecule has 0 bridgehead atoms. The zero-order valence-electron chi connectivity index (χ0n) is 10.1. The number of nitro groups is 1. The van der Waals surface area contributed by atoms with Gasteiger partial charge in [-0.2, -0.15) is 13.2 Å². The lowest BCUT2D eigenvalue weighted by Crippen LogP contribution is -2.31. The molecule has 7 heteroatoms. The quantitative estimate of drug-likeness (QED) is 0.471. The minimum atomic E-state index is -4.76. The molecule has 1 atom stereocenters. The first-order valence-corrected chi connectivity index (χ1v) is 5.48. The molecule has 0 saturated carbocycles. The van der Waals surface area contributed by atoms with Gasteiger partial charge in [0.1, 0.15) is 5.92 Å². The molecule has 1 aromatic rings. The van der Waals surface area contributed by atoms with Crippen LogP contribution < -0.4 is 0 Å². The summed E-state index contributed by atoms with van der Waals surface area (Å²) in [5.41, 5.74) is 0.998. The fourth-order valence-electron chi connectivity index (χ4n) is 1.54. The molecule has 0 aromatic heterocycles. The molecule has 0 aliphatic heterocycles. The third-order valence-corrected chi connectivity index (χ3v) is 2.64. The lowest BCUT2D eigenvalue weighted by Gasteiger charge is -2.15. The smallest absolute Gasteiger partial charge is 0.294 e. The van der Waals surface area contributed by atoms with E-state index in [1.54, 1.807) is 19.1 Å². The third kappa shape index (κ3) is 4.69. The Bertz CT molecular complexity index is 468. The second-order valence-corrected chi connectivity index (χ2v) is 4.25. The monoisotopic (exact) mass is 275 g/mol. The van der Waals surface area contributed by atoms with Gasteiger partial charge in [-0.3, -0.25) is 14.9 Å². The van der Waals surface area contributed by atoms with Crippen LogP contribution in [0.1, 0.15) is 22.3 Å². The van der Waals surface area contributed by atoms with Gasteiger partial charge in [0.2, 0.25) is 6.54 Å². The van der Waals surface area contributed by atoms with Crippen molar-refractivity contribution in [1.82, 2.24) is 0 Å². The maximum atomic E-state index is 12.6. The largest absolute Gasteiger partial charge is 0.398 e. The minimum Gasteiger partial charge on any atom is -0.294 e. The van der Waals surface area contributed by atoms with Gasteiger partial charge in [0.25, 0.3) is 0 Å². The molecule has 0 amide bonds. The highest BCUT2D eigenvalue weighted by atomic mass is 19.4. The first-order valence-electron chi connectivity index (χ1n) is 5.48. The zero-order valence-corrected chi connectivity index (χ0v) is 10.1. The molecule has 1 unspecified atom stereocenters. The summed E-state index contributed by atoms with van der Waals surface area (Å²) >= 11 is 0. The Morgan fingerprint density at radius 3 is 2.26 bits per heavy atom. The normalized spacial score (nSPS) is 13.1. The summed E-state index contributed by atoms with van der Waals surface area (Å²) in [6.45, 7) is 0.487. The second-order valence-electron chi connectivity index (χ2n) is 4.25. The summed E-state index contributed by atoms with van der Waals surface area (Å²) in [4.78, 5) is 20.8. The highest BCUT2D eigenvalue weighted by Gasteiger charge is 2.44. The summed E-state index contributed by atoms with van der Waals surface area (Å²) in [6, 6.07) is 6.03. The molecule has 104 valence electrons. The van der Waals surface area contributed by atoms with Crippen molar-refractivity contribution >= 4 is 5.78 Å². The van der Waals surface area contributed by atoms with E-state index in [0.29, 0.717) is 0 Å². The molecule has 0 spiro atoms. The number of aryl methyl sites for hydroxylation is 1. The van der Waals surface area contributed by atoms with E-state index >= 15 is 0 Å². The van der Waals surface area contributed by atoms with E-state index in [-0.39, 0.29) is 5.56 Å². The number of ketones is 1. The molecule has 19 heavy (non-hydrogen) atoms. The van der Waals surface area contributed by atoms with Crippen LogP contribution in [0, 0.1) is 23.0 Å². The number of hydrogen-bond donors (Lipinski definition) is 0. The van der Waals surface area contributed by atoms with Crippen molar-refractivity contribution in [3.8, 4) is 0 Å². The Morgan fingerprint density at radius 2 is 1.84 bits per heavy atom. The van der Waals surface area contributed by atoms with Crippen LogP contribution >= 0.6 is 0 Å². The van der Waals surface area contributed by atoms with Crippen LogP contribution in [0.2, 0.25) is 0 Å². The molecule has 0 fully saturated rings. The van der Waals surface area contributed by atoms with Gasteiger partial charge in [-0.15, -0.1) is 0 Å². The van der Waals surface area contributed by atoms with Crippen molar-refractivity contribution in [2.75, 3.05) is 6.54 Å². The van der Waals surface area contributed by atoms with Crippen LogP contribution in [0.4, 0.5) is 13.2 Å². The average Bonchev–Trinajstić information content (AvgIpc) is 2.27. The van der Waals surface area contributed by atoms with Gasteiger partial charge in [-0.25, -0.2) is 0 Å². The van der Waals surface area contributed by atoms with Gasteiger partial charge in [-0.05, 0) is 6.92 Å². The van der Waals surface area contributed by atoms with Gasteiger partial charge in [-0.1, -0.05) is 29.8 Å². The molecule has 0 saturated heterocycles. The van der Waals surface area contributed by atoms with E-state index in [9.17, 15) is 28.1 Å². The van der Waals surface area contributed by atoms with Gasteiger partial charge >= 0.3 is 6.18 Å². The fourth-order valence-corrected chi connectivity index (χ4v) is 1.54. The predicted molar refractivity (Wildman–Crippen MR) is 61.5 cm³/mol. The molecule has 0 aliphatic rings. The molecule has 4 nitrogen and oxygen atoms in total. The number of nitrogens with zero attached hydrogens (tertiary/aromatic N) is 1. The van der Waals surface area contributed by atoms with E-state index in [1.165, 1.54) is 12.1 Å². The third-order valence-electron chi connectivity index (χ3n) is 2.64. The van der Waals surface area contributed by atoms with E-state index in [1.807, 2.05) is 0 Å². The van der Waals surface area contributed by atoms with Crippen molar-refractivity contribution in [3.63, 3.8) is 0 Å². The number of carbonyl (C=O) groups is 1. The number of hydrogen-bond acceptors (Lipinski definition) is 3. The molecule has 0 heterocycles. The molecular formula is C12H12F3NO3. The maximum absolute atomic E-state index is 12.6. The highest BCUT2D eigenvalue weighted by Crippen LogP contribution is 2.30. The van der Waals surface area contributed by atoms with Crippen LogP contribution in [-0.2, 0) is 0 Å². The SMILES string of the molecule is Cc1ccc(C(=O)CC(C[N+](=O)[O-])C(F)(F)F)cc1. The summed E-state index contributed by atoms with van der Waals surface area (Å²) in [5.74, 6) is -3.00.